The van der Waals surface area contributed by atoms with Crippen molar-refractivity contribution >= 4 is 5.91 Å². The van der Waals surface area contributed by atoms with E-state index in [9.17, 15) is 4.79 Å². The lowest BCUT2D eigenvalue weighted by Gasteiger charge is -2.37. The number of fused-ring (bicyclic) bond motifs is 1. The Bertz CT molecular complexity index is 508. The van der Waals surface area contributed by atoms with Gasteiger partial charge in [0.15, 0.2) is 0 Å². The van der Waals surface area contributed by atoms with Gasteiger partial charge in [-0.25, -0.2) is 0 Å². The summed E-state index contributed by atoms with van der Waals surface area (Å²) in [5.41, 5.74) is 8.51. The van der Waals surface area contributed by atoms with Gasteiger partial charge in [-0.15, -0.1) is 0 Å². The van der Waals surface area contributed by atoms with E-state index in [2.05, 4.69) is 43.4 Å². The zero-order valence-electron chi connectivity index (χ0n) is 13.0. The Kier molecular flexibility index (Phi) is 4.03. The lowest BCUT2D eigenvalue weighted by molar-refractivity contribution is -0.125. The van der Waals surface area contributed by atoms with E-state index in [0.29, 0.717) is 30.3 Å². The molecule has 1 aromatic carbocycles. The molecule has 2 aliphatic rings. The molecular formula is C18H26N2O. The summed E-state index contributed by atoms with van der Waals surface area (Å²) >= 11 is 0. The largest absolute Gasteiger partial charge is 0.352 e. The topological polar surface area (TPSA) is 55.1 Å². The Morgan fingerprint density at radius 1 is 1.24 bits per heavy atom. The highest BCUT2D eigenvalue weighted by atomic mass is 16.1. The number of hydrogen-bond donors (Lipinski definition) is 2. The number of amides is 1. The van der Waals surface area contributed by atoms with Crippen molar-refractivity contribution in [3.05, 3.63) is 35.4 Å². The number of benzene rings is 1. The molecule has 1 amide bonds. The molecule has 0 spiro atoms. The second-order valence-corrected chi connectivity index (χ2v) is 7.11. The quantitative estimate of drug-likeness (QED) is 0.894. The Balaban J connectivity index is 1.50. The summed E-state index contributed by atoms with van der Waals surface area (Å²) in [6, 6.07) is 8.88. The molecule has 0 saturated heterocycles. The van der Waals surface area contributed by atoms with Crippen molar-refractivity contribution in [3.63, 3.8) is 0 Å². The molecule has 0 aromatic heterocycles. The average molecular weight is 286 g/mol. The molecule has 2 saturated carbocycles. The summed E-state index contributed by atoms with van der Waals surface area (Å²) in [5.74, 6) is 2.26. The number of rotatable bonds is 4. The van der Waals surface area contributed by atoms with Gasteiger partial charge in [-0.3, -0.25) is 4.79 Å². The van der Waals surface area contributed by atoms with Gasteiger partial charge in [-0.05, 0) is 48.1 Å². The molecule has 3 rings (SSSR count). The Labute approximate surface area is 127 Å². The first-order valence-corrected chi connectivity index (χ1v) is 8.16. The average Bonchev–Trinajstić information content (AvgIpc) is 2.82. The second-order valence-electron chi connectivity index (χ2n) is 7.11. The van der Waals surface area contributed by atoms with Crippen LogP contribution in [0, 0.1) is 17.8 Å². The van der Waals surface area contributed by atoms with Crippen LogP contribution in [0.2, 0.25) is 0 Å². The Hall–Kier alpha value is -1.35. The van der Waals surface area contributed by atoms with Crippen LogP contribution < -0.4 is 11.1 Å². The SMILES string of the molecule is CC(C)c1ccc(CNC(=O)C2C[C@@H]3C[C@H](N)[C@@H]3C2)cc1. The van der Waals surface area contributed by atoms with Crippen LogP contribution in [0.4, 0.5) is 0 Å². The fraction of sp³-hybridized carbons (Fsp3) is 0.611. The molecule has 3 heteroatoms. The van der Waals surface area contributed by atoms with E-state index < -0.39 is 0 Å². The number of carbonyl (C=O) groups excluding carboxylic acids is 1. The molecule has 1 aromatic rings. The van der Waals surface area contributed by atoms with Crippen LogP contribution in [0.5, 0.6) is 0 Å². The van der Waals surface area contributed by atoms with Crippen LogP contribution in [0.15, 0.2) is 24.3 Å². The molecule has 1 unspecified atom stereocenters. The zero-order valence-corrected chi connectivity index (χ0v) is 13.0. The van der Waals surface area contributed by atoms with E-state index in [-0.39, 0.29) is 11.8 Å². The molecule has 114 valence electrons. The molecule has 0 bridgehead atoms. The summed E-state index contributed by atoms with van der Waals surface area (Å²) in [6.45, 7) is 5.01. The first-order chi connectivity index (χ1) is 10.0. The minimum atomic E-state index is 0.184. The van der Waals surface area contributed by atoms with Crippen LogP contribution in [0.3, 0.4) is 0 Å². The second kappa shape index (κ2) is 5.80. The van der Waals surface area contributed by atoms with Crippen molar-refractivity contribution in [1.29, 1.82) is 0 Å². The third kappa shape index (κ3) is 2.98. The van der Waals surface area contributed by atoms with Gasteiger partial charge in [0.25, 0.3) is 0 Å². The van der Waals surface area contributed by atoms with E-state index in [4.69, 9.17) is 5.73 Å². The van der Waals surface area contributed by atoms with E-state index in [1.54, 1.807) is 0 Å². The van der Waals surface area contributed by atoms with Crippen molar-refractivity contribution < 1.29 is 4.79 Å². The van der Waals surface area contributed by atoms with E-state index in [1.165, 1.54) is 11.1 Å². The molecule has 3 N–H and O–H groups in total. The predicted molar refractivity (Wildman–Crippen MR) is 84.7 cm³/mol. The standard InChI is InChI=1S/C18H26N2O/c1-11(2)13-5-3-12(4-6-13)10-20-18(21)15-7-14-9-17(19)16(14)8-15/h3-6,11,14-17H,7-10,19H2,1-2H3,(H,20,21)/t14-,15?,16-,17+/m1/s1. The molecule has 2 aliphatic carbocycles. The Morgan fingerprint density at radius 3 is 2.52 bits per heavy atom. The van der Waals surface area contributed by atoms with Crippen molar-refractivity contribution in [2.24, 2.45) is 23.5 Å². The lowest BCUT2D eigenvalue weighted by Crippen LogP contribution is -2.44. The van der Waals surface area contributed by atoms with Crippen LogP contribution >= 0.6 is 0 Å². The predicted octanol–water partition coefficient (Wildman–Crippen LogP) is 2.80. The molecule has 2 fully saturated rings. The van der Waals surface area contributed by atoms with Crippen LogP contribution in [0.25, 0.3) is 0 Å². The minimum absolute atomic E-state index is 0.184. The molecular weight excluding hydrogens is 260 g/mol. The molecule has 0 heterocycles. The van der Waals surface area contributed by atoms with Gasteiger partial charge >= 0.3 is 0 Å². The molecule has 0 radical (unpaired) electrons. The number of nitrogens with one attached hydrogen (secondary N) is 1. The van der Waals surface area contributed by atoms with Gasteiger partial charge in [0.05, 0.1) is 0 Å². The third-order valence-electron chi connectivity index (χ3n) is 5.36. The monoisotopic (exact) mass is 286 g/mol. The molecule has 4 atom stereocenters. The van der Waals surface area contributed by atoms with Crippen molar-refractivity contribution in [2.75, 3.05) is 0 Å². The number of hydrogen-bond acceptors (Lipinski definition) is 2. The zero-order chi connectivity index (χ0) is 15.0. The highest BCUT2D eigenvalue weighted by Gasteiger charge is 2.47. The van der Waals surface area contributed by atoms with Gasteiger partial charge in [0.2, 0.25) is 5.91 Å². The first kappa shape index (κ1) is 14.6. The van der Waals surface area contributed by atoms with E-state index >= 15 is 0 Å². The third-order valence-corrected chi connectivity index (χ3v) is 5.36. The highest BCUT2D eigenvalue weighted by Crippen LogP contribution is 2.48. The number of nitrogens with two attached hydrogens (primary N) is 1. The van der Waals surface area contributed by atoms with E-state index in [0.717, 1.165) is 19.3 Å². The maximum Gasteiger partial charge on any atom is 0.223 e. The maximum absolute atomic E-state index is 12.3. The van der Waals surface area contributed by atoms with Gasteiger partial charge in [-0.1, -0.05) is 38.1 Å². The smallest absolute Gasteiger partial charge is 0.223 e. The van der Waals surface area contributed by atoms with E-state index in [1.807, 2.05) is 0 Å². The Morgan fingerprint density at radius 2 is 1.95 bits per heavy atom. The molecule has 0 aliphatic heterocycles. The van der Waals surface area contributed by atoms with Crippen molar-refractivity contribution in [1.82, 2.24) is 5.32 Å². The number of carbonyl (C=O) groups is 1. The summed E-state index contributed by atoms with van der Waals surface area (Å²) in [7, 11) is 0. The fourth-order valence-corrected chi connectivity index (χ4v) is 3.85. The molecule has 3 nitrogen and oxygen atoms in total. The highest BCUT2D eigenvalue weighted by molar-refractivity contribution is 5.79. The lowest BCUT2D eigenvalue weighted by atomic mass is 9.72. The maximum atomic E-state index is 12.3. The van der Waals surface area contributed by atoms with Gasteiger partial charge in [-0.2, -0.15) is 0 Å². The van der Waals surface area contributed by atoms with Crippen LogP contribution in [-0.2, 0) is 11.3 Å². The van der Waals surface area contributed by atoms with Crippen LogP contribution in [-0.4, -0.2) is 11.9 Å². The van der Waals surface area contributed by atoms with Gasteiger partial charge in [0.1, 0.15) is 0 Å². The van der Waals surface area contributed by atoms with Crippen LogP contribution in [0.1, 0.15) is 50.2 Å². The first-order valence-electron chi connectivity index (χ1n) is 8.16. The van der Waals surface area contributed by atoms with Crippen molar-refractivity contribution in [3.8, 4) is 0 Å². The van der Waals surface area contributed by atoms with Crippen molar-refractivity contribution in [2.45, 2.75) is 51.6 Å². The normalized spacial score (nSPS) is 30.9. The molecule has 21 heavy (non-hydrogen) atoms. The summed E-state index contributed by atoms with van der Waals surface area (Å²) in [5, 5.41) is 3.09. The van der Waals surface area contributed by atoms with Gasteiger partial charge < -0.3 is 11.1 Å². The minimum Gasteiger partial charge on any atom is -0.352 e. The summed E-state index contributed by atoms with van der Waals surface area (Å²) in [4.78, 5) is 12.3. The fourth-order valence-electron chi connectivity index (χ4n) is 3.85. The summed E-state index contributed by atoms with van der Waals surface area (Å²) in [6.07, 6.45) is 3.14. The van der Waals surface area contributed by atoms with Gasteiger partial charge in [0, 0.05) is 18.5 Å². The summed E-state index contributed by atoms with van der Waals surface area (Å²) < 4.78 is 0.